The molecule has 8 heteroatoms. The van der Waals surface area contributed by atoms with Gasteiger partial charge in [0, 0.05) is 17.9 Å². The van der Waals surface area contributed by atoms with Gasteiger partial charge in [-0.2, -0.15) is 4.89 Å². The van der Waals surface area contributed by atoms with Crippen molar-refractivity contribution in [1.29, 1.82) is 0 Å². The first-order valence-corrected chi connectivity index (χ1v) is 12.3. The molecule has 0 aliphatic heterocycles. The Kier molecular flexibility index (Phi) is 6.82. The number of carboxylic acids is 1. The summed E-state index contributed by atoms with van der Waals surface area (Å²) in [6.07, 6.45) is 1.08. The van der Waals surface area contributed by atoms with Gasteiger partial charge in [-0.25, -0.2) is 14.2 Å². The summed E-state index contributed by atoms with van der Waals surface area (Å²) >= 11 is 0. The van der Waals surface area contributed by atoms with Crippen LogP contribution in [0.4, 0.5) is 4.39 Å². The summed E-state index contributed by atoms with van der Waals surface area (Å²) in [5.41, 5.74) is -0.290. The number of nitrogens with zero attached hydrogens (tertiary/aromatic N) is 1. The first kappa shape index (κ1) is 24.7. The fourth-order valence-electron chi connectivity index (χ4n) is 4.00. The molecule has 3 aromatic rings. The zero-order valence-corrected chi connectivity index (χ0v) is 19.9. The van der Waals surface area contributed by atoms with Crippen LogP contribution in [-0.4, -0.2) is 31.2 Å². The molecule has 3 N–H and O–H groups in total. The second-order valence-corrected chi connectivity index (χ2v) is 9.94. The van der Waals surface area contributed by atoms with Crippen molar-refractivity contribution in [2.24, 2.45) is 5.92 Å². The molecule has 0 radical (unpaired) electrons. The van der Waals surface area contributed by atoms with Crippen LogP contribution in [0.2, 0.25) is 0 Å². The lowest BCUT2D eigenvalue weighted by Gasteiger charge is -2.33. The molecule has 3 unspecified atom stereocenters. The second-order valence-electron chi connectivity index (χ2n) is 8.72. The maximum Gasteiger partial charge on any atom is 0.541 e. The maximum absolute atomic E-state index is 13.6. The Hall–Kier alpha value is -3.43. The van der Waals surface area contributed by atoms with Crippen LogP contribution in [0.25, 0.3) is 11.3 Å². The molecule has 4 rings (SSSR count). The molecule has 35 heavy (non-hydrogen) atoms. The van der Waals surface area contributed by atoms with Crippen LogP contribution in [0.15, 0.2) is 66.7 Å². The second kappa shape index (κ2) is 9.67. The number of rotatable bonds is 7. The fraction of sp³-hybridized carbons (Fsp3) is 0.259. The summed E-state index contributed by atoms with van der Waals surface area (Å²) in [5, 5.41) is 19.7. The molecule has 178 valence electrons. The molecule has 1 aliphatic rings. The van der Waals surface area contributed by atoms with E-state index in [4.69, 9.17) is 0 Å². The monoisotopic (exact) mass is 492 g/mol. The van der Waals surface area contributed by atoms with Crippen LogP contribution < -0.4 is 0 Å². The Bertz CT molecular complexity index is 1320. The number of hydrogen-bond donors (Lipinski definition) is 3. The van der Waals surface area contributed by atoms with Gasteiger partial charge in [0.1, 0.15) is 5.82 Å². The van der Waals surface area contributed by atoms with Gasteiger partial charge in [0.2, 0.25) is 0 Å². The van der Waals surface area contributed by atoms with Crippen molar-refractivity contribution in [3.05, 3.63) is 89.4 Å². The van der Waals surface area contributed by atoms with Crippen molar-refractivity contribution >= 4 is 14.0 Å². The number of hydrogen-bond acceptors (Lipinski definition) is 4. The first-order chi connectivity index (χ1) is 16.7. The predicted molar refractivity (Wildman–Crippen MR) is 129 cm³/mol. The number of aryl methyl sites for hydroxylation is 1. The molecule has 6 nitrogen and oxygen atoms in total. The number of aliphatic carboxylic acids is 1. The zero-order chi connectivity index (χ0) is 25.2. The van der Waals surface area contributed by atoms with Crippen LogP contribution in [0.5, 0.6) is 0 Å². The van der Waals surface area contributed by atoms with E-state index in [1.54, 1.807) is 6.07 Å². The molecule has 0 bridgehead atoms. The van der Waals surface area contributed by atoms with E-state index in [-0.39, 0.29) is 11.6 Å². The fourth-order valence-corrected chi connectivity index (χ4v) is 4.84. The van der Waals surface area contributed by atoms with Crippen molar-refractivity contribution in [2.75, 3.05) is 0 Å². The molecule has 1 heterocycles. The van der Waals surface area contributed by atoms with Gasteiger partial charge in [-0.1, -0.05) is 54.5 Å². The Labute approximate surface area is 203 Å². The predicted octanol–water partition coefficient (Wildman–Crippen LogP) is 4.60. The lowest BCUT2D eigenvalue weighted by Crippen LogP contribution is -2.55. The third-order valence-corrected chi connectivity index (χ3v) is 7.42. The number of carboxylic acid groups (broad SMARTS) is 1. The number of aliphatic hydroxyl groups is 1. The van der Waals surface area contributed by atoms with Gasteiger partial charge in [0.05, 0.1) is 11.4 Å². The minimum Gasteiger partial charge on any atom is -0.477 e. The molecular weight excluding hydrogens is 468 g/mol. The van der Waals surface area contributed by atoms with Crippen molar-refractivity contribution < 1.29 is 28.9 Å². The van der Waals surface area contributed by atoms with E-state index >= 15 is 0 Å². The van der Waals surface area contributed by atoms with Crippen molar-refractivity contribution in [3.63, 3.8) is 0 Å². The Morgan fingerprint density at radius 2 is 1.77 bits per heavy atom. The lowest BCUT2D eigenvalue weighted by molar-refractivity contribution is -0.146. The Morgan fingerprint density at radius 3 is 2.34 bits per heavy atom. The standard InChI is InChI=1S/C27H23FNO5P/c1-18-7-14-23(29-24(18)21-5-3-2-4-6-21)26(32,17-20-10-12-22(28)13-11-20)27(25(30)31,35(33)34)16-15-19-8-9-19/h2-7,10-14,19,32H,8-9,17H2,1H3,(H-,30,31,33,34)/p+1. The van der Waals surface area contributed by atoms with E-state index in [0.717, 1.165) is 24.0 Å². The lowest BCUT2D eigenvalue weighted by atomic mass is 9.78. The smallest absolute Gasteiger partial charge is 0.477 e. The largest absolute Gasteiger partial charge is 0.541 e. The van der Waals surface area contributed by atoms with Crippen LogP contribution in [-0.2, 0) is 21.4 Å². The molecule has 2 aromatic carbocycles. The Morgan fingerprint density at radius 1 is 1.11 bits per heavy atom. The van der Waals surface area contributed by atoms with E-state index in [9.17, 15) is 28.9 Å². The molecule has 0 spiro atoms. The van der Waals surface area contributed by atoms with Crippen LogP contribution >= 0.6 is 8.03 Å². The van der Waals surface area contributed by atoms with Crippen molar-refractivity contribution in [1.82, 2.24) is 4.98 Å². The average molecular weight is 492 g/mol. The SMILES string of the molecule is Cc1ccc(C(O)(Cc2ccc(F)cc2)C(C#CC2CC2)(C(=O)O)[P+](=O)O)nc1-c1ccccc1. The highest BCUT2D eigenvalue weighted by Gasteiger charge is 2.72. The molecular formula is C27H24FNO5P+. The number of benzene rings is 2. The number of halogens is 1. The molecule has 0 amide bonds. The van der Waals surface area contributed by atoms with Gasteiger partial charge in [-0.15, -0.1) is 0 Å². The molecule has 3 atom stereocenters. The summed E-state index contributed by atoms with van der Waals surface area (Å²) in [6.45, 7) is 1.82. The highest BCUT2D eigenvalue weighted by atomic mass is 31.1. The van der Waals surface area contributed by atoms with Crippen LogP contribution in [0.1, 0.15) is 29.7 Å². The van der Waals surface area contributed by atoms with E-state index < -0.39 is 37.0 Å². The van der Waals surface area contributed by atoms with Gasteiger partial charge in [0.25, 0.3) is 0 Å². The molecule has 1 fully saturated rings. The molecule has 1 saturated carbocycles. The van der Waals surface area contributed by atoms with E-state index in [1.165, 1.54) is 30.3 Å². The van der Waals surface area contributed by atoms with E-state index in [0.29, 0.717) is 11.3 Å². The summed E-state index contributed by atoms with van der Waals surface area (Å²) in [4.78, 5) is 27.7. The van der Waals surface area contributed by atoms with E-state index in [2.05, 4.69) is 16.8 Å². The average Bonchev–Trinajstić information content (AvgIpc) is 3.66. The number of aromatic nitrogens is 1. The molecule has 0 saturated heterocycles. The minimum absolute atomic E-state index is 0.0930. The summed E-state index contributed by atoms with van der Waals surface area (Å²) in [7, 11) is -3.56. The highest BCUT2D eigenvalue weighted by molar-refractivity contribution is 7.42. The molecule has 1 aromatic heterocycles. The topological polar surface area (TPSA) is 108 Å². The van der Waals surface area contributed by atoms with Crippen LogP contribution in [0, 0.1) is 30.5 Å². The summed E-state index contributed by atoms with van der Waals surface area (Å²) in [6, 6.07) is 17.4. The third kappa shape index (κ3) is 4.74. The van der Waals surface area contributed by atoms with Crippen LogP contribution in [0.3, 0.4) is 0 Å². The number of carbonyl (C=O) groups is 1. The quantitative estimate of drug-likeness (QED) is 0.329. The first-order valence-electron chi connectivity index (χ1n) is 11.1. The van der Waals surface area contributed by atoms with Gasteiger partial charge in [-0.3, -0.25) is 0 Å². The van der Waals surface area contributed by atoms with Crippen molar-refractivity contribution in [2.45, 2.75) is 36.9 Å². The van der Waals surface area contributed by atoms with E-state index in [1.807, 2.05) is 37.3 Å². The van der Waals surface area contributed by atoms with Gasteiger partial charge >= 0.3 is 19.2 Å². The summed E-state index contributed by atoms with van der Waals surface area (Å²) < 4.78 is 26.4. The zero-order valence-electron chi connectivity index (χ0n) is 19.0. The minimum atomic E-state index is -3.56. The van der Waals surface area contributed by atoms with Gasteiger partial charge < -0.3 is 10.2 Å². The molecule has 1 aliphatic carbocycles. The Balaban J connectivity index is 1.98. The van der Waals surface area contributed by atoms with Gasteiger partial charge in [0.15, 0.2) is 5.60 Å². The normalized spacial score (nSPS) is 16.9. The number of pyridine rings is 1. The third-order valence-electron chi connectivity index (χ3n) is 6.17. The maximum atomic E-state index is 13.6. The van der Waals surface area contributed by atoms with Gasteiger partial charge in [-0.05, 0) is 59.6 Å². The highest BCUT2D eigenvalue weighted by Crippen LogP contribution is 2.51. The summed E-state index contributed by atoms with van der Waals surface area (Å²) in [5.74, 6) is 2.92. The van der Waals surface area contributed by atoms with Crippen molar-refractivity contribution in [3.8, 4) is 23.1 Å².